The highest BCUT2D eigenvalue weighted by atomic mass is 16.6. The molecule has 0 aromatic carbocycles. The molecule has 0 atom stereocenters. The first-order chi connectivity index (χ1) is 11.5. The summed E-state index contributed by atoms with van der Waals surface area (Å²) in [6.45, 7) is 3.58. The van der Waals surface area contributed by atoms with Crippen molar-refractivity contribution in [1.82, 2.24) is 15.0 Å². The number of ether oxygens (including phenoxy) is 1. The molecule has 120 valence electrons. The van der Waals surface area contributed by atoms with Crippen molar-refractivity contribution in [2.45, 2.75) is 13.8 Å². The van der Waals surface area contributed by atoms with E-state index in [-0.39, 0.29) is 5.82 Å². The van der Waals surface area contributed by atoms with Crippen molar-refractivity contribution in [3.63, 3.8) is 0 Å². The van der Waals surface area contributed by atoms with E-state index in [1.165, 1.54) is 12.1 Å². The quantitative estimate of drug-likeness (QED) is 0.535. The average molecular weight is 322 g/mol. The van der Waals surface area contributed by atoms with Gasteiger partial charge in [0.05, 0.1) is 5.69 Å². The summed E-state index contributed by atoms with van der Waals surface area (Å²) >= 11 is 0. The maximum absolute atomic E-state index is 10.7. The predicted molar refractivity (Wildman–Crippen MR) is 87.9 cm³/mol. The molecule has 3 aromatic rings. The van der Waals surface area contributed by atoms with Crippen LogP contribution in [0.25, 0.3) is 11.3 Å². The van der Waals surface area contributed by atoms with Gasteiger partial charge in [0, 0.05) is 42.7 Å². The highest BCUT2D eigenvalue weighted by molar-refractivity contribution is 5.60. The zero-order chi connectivity index (χ0) is 17.1. The first-order valence-electron chi connectivity index (χ1n) is 7.22. The Bertz CT molecular complexity index is 912. The molecule has 7 heteroatoms. The van der Waals surface area contributed by atoms with Crippen molar-refractivity contribution >= 4 is 5.82 Å². The van der Waals surface area contributed by atoms with Crippen LogP contribution in [-0.4, -0.2) is 19.9 Å². The monoisotopic (exact) mass is 322 g/mol. The second-order valence-corrected chi connectivity index (χ2v) is 5.17. The molecular formula is C17H14N4O3. The topological polar surface area (TPSA) is 91.0 Å². The lowest BCUT2D eigenvalue weighted by Gasteiger charge is -2.08. The molecule has 0 saturated carbocycles. The van der Waals surface area contributed by atoms with Gasteiger partial charge in [0.15, 0.2) is 11.4 Å². The molecule has 0 radical (unpaired) electrons. The number of aryl methyl sites for hydroxylation is 2. The summed E-state index contributed by atoms with van der Waals surface area (Å²) in [7, 11) is 0. The van der Waals surface area contributed by atoms with Crippen LogP contribution in [0.1, 0.15) is 11.4 Å². The van der Waals surface area contributed by atoms with Crippen molar-refractivity contribution in [3.8, 4) is 22.8 Å². The van der Waals surface area contributed by atoms with Gasteiger partial charge in [-0.05, 0) is 41.1 Å². The van der Waals surface area contributed by atoms with E-state index in [0.29, 0.717) is 17.2 Å². The van der Waals surface area contributed by atoms with Crippen molar-refractivity contribution in [1.29, 1.82) is 0 Å². The Morgan fingerprint density at radius 2 is 1.83 bits per heavy atom. The lowest BCUT2D eigenvalue weighted by Crippen LogP contribution is -1.96. The Labute approximate surface area is 138 Å². The summed E-state index contributed by atoms with van der Waals surface area (Å²) in [6, 6.07) is 10.2. The zero-order valence-electron chi connectivity index (χ0n) is 13.1. The SMILES string of the molecule is Cc1cc(-c2cc(Oc3ccc([N+](=O)[O-])nc3C)ccn2)ccn1. The summed E-state index contributed by atoms with van der Waals surface area (Å²) in [4.78, 5) is 22.6. The molecule has 7 nitrogen and oxygen atoms in total. The Balaban J connectivity index is 1.89. The molecule has 0 bridgehead atoms. The van der Waals surface area contributed by atoms with E-state index in [1.807, 2.05) is 19.1 Å². The molecule has 0 N–H and O–H groups in total. The number of aromatic nitrogens is 3. The first-order valence-corrected chi connectivity index (χ1v) is 7.22. The van der Waals surface area contributed by atoms with Crippen LogP contribution in [0.4, 0.5) is 5.82 Å². The summed E-state index contributed by atoms with van der Waals surface area (Å²) in [5.41, 5.74) is 3.04. The molecule has 0 aliphatic heterocycles. The molecule has 3 heterocycles. The normalized spacial score (nSPS) is 10.4. The average Bonchev–Trinajstić information content (AvgIpc) is 2.57. The molecular weight excluding hydrogens is 308 g/mol. The fourth-order valence-corrected chi connectivity index (χ4v) is 2.21. The highest BCUT2D eigenvalue weighted by Crippen LogP contribution is 2.28. The van der Waals surface area contributed by atoms with Gasteiger partial charge in [-0.1, -0.05) is 0 Å². The summed E-state index contributed by atoms with van der Waals surface area (Å²) in [5, 5.41) is 10.7. The Kier molecular flexibility index (Phi) is 4.15. The van der Waals surface area contributed by atoms with Gasteiger partial charge >= 0.3 is 5.82 Å². The minimum absolute atomic E-state index is 0.206. The number of hydrogen-bond acceptors (Lipinski definition) is 6. The number of hydrogen-bond donors (Lipinski definition) is 0. The van der Waals surface area contributed by atoms with E-state index in [9.17, 15) is 10.1 Å². The van der Waals surface area contributed by atoms with Crippen LogP contribution in [0.2, 0.25) is 0 Å². The van der Waals surface area contributed by atoms with Gasteiger partial charge in [0.2, 0.25) is 0 Å². The molecule has 0 aliphatic carbocycles. The van der Waals surface area contributed by atoms with Gasteiger partial charge in [-0.25, -0.2) is 0 Å². The standard InChI is InChI=1S/C17H14N4O3/c1-11-9-13(5-7-18-11)15-10-14(6-8-19-15)24-16-3-4-17(21(22)23)20-12(16)2/h3-10H,1-2H3. The van der Waals surface area contributed by atoms with E-state index >= 15 is 0 Å². The van der Waals surface area contributed by atoms with Crippen LogP contribution < -0.4 is 4.74 Å². The van der Waals surface area contributed by atoms with Gasteiger partial charge in [0.1, 0.15) is 5.75 Å². The minimum Gasteiger partial charge on any atom is -0.453 e. The first kappa shape index (κ1) is 15.5. The molecule has 0 fully saturated rings. The van der Waals surface area contributed by atoms with E-state index in [0.717, 1.165) is 17.0 Å². The maximum Gasteiger partial charge on any atom is 0.363 e. The molecule has 3 aromatic heterocycles. The van der Waals surface area contributed by atoms with Gasteiger partial charge in [-0.2, -0.15) is 0 Å². The van der Waals surface area contributed by atoms with Crippen molar-refractivity contribution in [2.75, 3.05) is 0 Å². The van der Waals surface area contributed by atoms with Crippen LogP contribution in [0.15, 0.2) is 48.8 Å². The van der Waals surface area contributed by atoms with E-state index in [2.05, 4.69) is 15.0 Å². The van der Waals surface area contributed by atoms with Crippen molar-refractivity contribution in [2.24, 2.45) is 0 Å². The van der Waals surface area contributed by atoms with Gasteiger partial charge in [0.25, 0.3) is 0 Å². The Morgan fingerprint density at radius 1 is 1.04 bits per heavy atom. The zero-order valence-corrected chi connectivity index (χ0v) is 13.1. The summed E-state index contributed by atoms with van der Waals surface area (Å²) in [6.07, 6.45) is 3.37. The van der Waals surface area contributed by atoms with Gasteiger partial charge in [-0.15, -0.1) is 0 Å². The smallest absolute Gasteiger partial charge is 0.363 e. The molecule has 0 spiro atoms. The van der Waals surface area contributed by atoms with Crippen molar-refractivity contribution < 1.29 is 9.66 Å². The second-order valence-electron chi connectivity index (χ2n) is 5.17. The van der Waals surface area contributed by atoms with Crippen LogP contribution >= 0.6 is 0 Å². The van der Waals surface area contributed by atoms with E-state index in [4.69, 9.17) is 4.74 Å². The number of pyridine rings is 3. The third-order valence-corrected chi connectivity index (χ3v) is 3.36. The third-order valence-electron chi connectivity index (χ3n) is 3.36. The van der Waals surface area contributed by atoms with E-state index in [1.54, 1.807) is 31.5 Å². The molecule has 0 saturated heterocycles. The maximum atomic E-state index is 10.7. The largest absolute Gasteiger partial charge is 0.453 e. The van der Waals surface area contributed by atoms with Crippen LogP contribution in [0, 0.1) is 24.0 Å². The molecule has 24 heavy (non-hydrogen) atoms. The minimum atomic E-state index is -0.535. The van der Waals surface area contributed by atoms with E-state index < -0.39 is 4.92 Å². The number of rotatable bonds is 4. The lowest BCUT2D eigenvalue weighted by molar-refractivity contribution is -0.389. The van der Waals surface area contributed by atoms with Crippen LogP contribution in [-0.2, 0) is 0 Å². The number of nitrogens with zero attached hydrogens (tertiary/aromatic N) is 4. The molecule has 0 amide bonds. The fourth-order valence-electron chi connectivity index (χ4n) is 2.21. The second kappa shape index (κ2) is 6.41. The van der Waals surface area contributed by atoms with Crippen molar-refractivity contribution in [3.05, 3.63) is 70.3 Å². The molecule has 3 rings (SSSR count). The predicted octanol–water partition coefficient (Wildman–Crippen LogP) is 3.86. The molecule has 0 unspecified atom stereocenters. The molecule has 0 aliphatic rings. The van der Waals surface area contributed by atoms with Crippen LogP contribution in [0.3, 0.4) is 0 Å². The summed E-state index contributed by atoms with van der Waals surface area (Å²) in [5.74, 6) is 0.833. The summed E-state index contributed by atoms with van der Waals surface area (Å²) < 4.78 is 5.80. The third kappa shape index (κ3) is 3.35. The lowest BCUT2D eigenvalue weighted by atomic mass is 10.1. The van der Waals surface area contributed by atoms with Gasteiger partial charge < -0.3 is 14.9 Å². The fraction of sp³-hybridized carbons (Fsp3) is 0.118. The Hall–Kier alpha value is -3.35. The number of nitro groups is 1. The highest BCUT2D eigenvalue weighted by Gasteiger charge is 2.13. The van der Waals surface area contributed by atoms with Gasteiger partial charge in [-0.3, -0.25) is 9.97 Å². The Morgan fingerprint density at radius 3 is 2.54 bits per heavy atom. The van der Waals surface area contributed by atoms with Crippen LogP contribution in [0.5, 0.6) is 11.5 Å².